The van der Waals surface area contributed by atoms with Gasteiger partial charge in [-0.25, -0.2) is 4.45 Å². The second-order valence-electron chi connectivity index (χ2n) is 4.69. The van der Waals surface area contributed by atoms with Crippen LogP contribution in [0.2, 0.25) is 0 Å². The molecular weight excluding hydrogens is 391 g/mol. The molecule has 3 rings (SSSR count). The zero-order chi connectivity index (χ0) is 16.8. The maximum Gasteiger partial charge on any atom is 0.180 e. The van der Waals surface area contributed by atoms with Crippen LogP contribution in [0.4, 0.5) is 0 Å². The van der Waals surface area contributed by atoms with Crippen LogP contribution in [0.1, 0.15) is 20.7 Å². The highest BCUT2D eigenvalue weighted by molar-refractivity contribution is 9.09. The summed E-state index contributed by atoms with van der Waals surface area (Å²) >= 11 is 7.03. The van der Waals surface area contributed by atoms with Crippen molar-refractivity contribution in [1.82, 2.24) is 9.55 Å². The number of halogens is 1. The van der Waals surface area contributed by atoms with Gasteiger partial charge >= 0.3 is 0 Å². The van der Waals surface area contributed by atoms with Crippen molar-refractivity contribution in [2.75, 3.05) is 12.9 Å². The fourth-order valence-corrected chi connectivity index (χ4v) is 3.47. The highest BCUT2D eigenvalue weighted by atomic mass is 79.9. The number of benzene rings is 2. The van der Waals surface area contributed by atoms with Crippen LogP contribution in [-0.4, -0.2) is 28.3 Å². The number of rotatable bonds is 4. The second-order valence-corrected chi connectivity index (χ2v) is 6.48. The van der Waals surface area contributed by atoms with Gasteiger partial charge in [-0.1, -0.05) is 46.3 Å². The largest absolute Gasteiger partial charge is 0.293 e. The molecule has 2 unspecified atom stereocenters. The molecule has 3 aromatic rings. The van der Waals surface area contributed by atoms with Crippen molar-refractivity contribution in [1.29, 1.82) is 0 Å². The van der Waals surface area contributed by atoms with Crippen molar-refractivity contribution in [2.24, 2.45) is 0 Å². The fraction of sp³-hybridized carbons (Fsp3) is 0.176. The number of fused-ring (bicyclic) bond motifs is 1. The van der Waals surface area contributed by atoms with Crippen molar-refractivity contribution < 1.29 is 4.79 Å². The summed E-state index contributed by atoms with van der Waals surface area (Å²) in [5.74, 6) is 0.0646. The van der Waals surface area contributed by atoms with Crippen LogP contribution in [0, 0.1) is 0 Å². The van der Waals surface area contributed by atoms with Gasteiger partial charge in [0.15, 0.2) is 5.78 Å². The van der Waals surface area contributed by atoms with Crippen LogP contribution in [0.5, 0.6) is 0 Å². The smallest absolute Gasteiger partial charge is 0.180 e. The number of Topliss-reactive ketones (excluding diaryl/α,β-unsaturated/α-hetero) is 1. The van der Waals surface area contributed by atoms with Gasteiger partial charge in [0.25, 0.3) is 0 Å². The molecule has 0 radical (unpaired) electrons. The zero-order valence-electron chi connectivity index (χ0n) is 12.9. The minimum Gasteiger partial charge on any atom is -0.293 e. The topological polar surface area (TPSA) is 34.9 Å². The van der Waals surface area contributed by atoms with E-state index in [2.05, 4.69) is 40.3 Å². The Bertz CT molecular complexity index is 792. The summed E-state index contributed by atoms with van der Waals surface area (Å²) in [7, 11) is 0.584. The highest BCUT2D eigenvalue weighted by Crippen LogP contribution is 2.29. The normalized spacial score (nSPS) is 12.2. The van der Waals surface area contributed by atoms with E-state index in [9.17, 15) is 4.79 Å². The maximum atomic E-state index is 12.6. The molecule has 2 atom stereocenters. The van der Waals surface area contributed by atoms with Crippen LogP contribution in [-0.2, 0) is 0 Å². The van der Waals surface area contributed by atoms with Gasteiger partial charge in [0, 0.05) is 19.7 Å². The van der Waals surface area contributed by atoms with Gasteiger partial charge in [-0.3, -0.25) is 4.79 Å². The summed E-state index contributed by atoms with van der Waals surface area (Å²) in [5, 5.41) is 5.33. The Kier molecular flexibility index (Phi) is 6.82. The molecule has 6 heteroatoms. The van der Waals surface area contributed by atoms with Crippen molar-refractivity contribution >= 4 is 54.0 Å². The molecule has 0 fully saturated rings. The van der Waals surface area contributed by atoms with Gasteiger partial charge in [0.1, 0.15) is 4.83 Å². The summed E-state index contributed by atoms with van der Waals surface area (Å²) in [5.41, 5.74) is 2.73. The predicted molar refractivity (Wildman–Crippen MR) is 107 cm³/mol. The summed E-state index contributed by atoms with van der Waals surface area (Å²) in [6.45, 7) is 2.08. The third kappa shape index (κ3) is 4.03. The van der Waals surface area contributed by atoms with Crippen molar-refractivity contribution in [2.45, 2.75) is 4.83 Å². The number of aromatic nitrogens is 2. The van der Waals surface area contributed by atoms with E-state index in [4.69, 9.17) is 0 Å². The van der Waals surface area contributed by atoms with E-state index in [-0.39, 0.29) is 10.6 Å². The molecule has 0 saturated heterocycles. The Labute approximate surface area is 151 Å². The standard InChI is InChI=1S/C16H14BrN2OP.CH4S/c1-21-19-14-8-7-12(9-13(14)10-18-19)16(20)15(17)11-5-3-2-4-6-11;1-2/h2-10,15,21H,1H3;2H,1H3. The third-order valence-electron chi connectivity index (χ3n) is 3.39. The maximum absolute atomic E-state index is 12.6. The lowest BCUT2D eigenvalue weighted by molar-refractivity contribution is 0.0991. The summed E-state index contributed by atoms with van der Waals surface area (Å²) in [6, 6.07) is 15.5. The number of hydrogen-bond acceptors (Lipinski definition) is 3. The molecule has 0 amide bonds. The quantitative estimate of drug-likeness (QED) is 0.286. The fourth-order valence-electron chi connectivity index (χ4n) is 2.28. The first kappa shape index (κ1) is 18.2. The lowest BCUT2D eigenvalue weighted by Crippen LogP contribution is -2.06. The number of carbonyl (C=O) groups excluding carboxylic acids is 1. The SMILES string of the molecule is CPn1ncc2cc(C(=O)C(Br)c3ccccc3)ccc21.CS. The Morgan fingerprint density at radius 2 is 1.91 bits per heavy atom. The predicted octanol–water partition coefficient (Wildman–Crippen LogP) is 4.97. The molecule has 0 saturated carbocycles. The summed E-state index contributed by atoms with van der Waals surface area (Å²) in [6.07, 6.45) is 3.51. The monoisotopic (exact) mass is 408 g/mol. The molecule has 2 aromatic carbocycles. The second kappa shape index (κ2) is 8.62. The third-order valence-corrected chi connectivity index (χ3v) is 5.11. The molecule has 0 aliphatic heterocycles. The van der Waals surface area contributed by atoms with Gasteiger partial charge < -0.3 is 0 Å². The molecule has 1 heterocycles. The van der Waals surface area contributed by atoms with Crippen LogP contribution in [0.25, 0.3) is 10.9 Å². The first-order valence-corrected chi connectivity index (χ1v) is 10.3. The molecule has 0 spiro atoms. The highest BCUT2D eigenvalue weighted by Gasteiger charge is 2.19. The van der Waals surface area contributed by atoms with Gasteiger partial charge in [-0.15, -0.1) is 0 Å². The number of hydrogen-bond donors (Lipinski definition) is 1. The van der Waals surface area contributed by atoms with Gasteiger partial charge in [0.05, 0.1) is 11.7 Å². The van der Waals surface area contributed by atoms with E-state index in [1.165, 1.54) is 0 Å². The Morgan fingerprint density at radius 1 is 1.22 bits per heavy atom. The van der Waals surface area contributed by atoms with Crippen molar-refractivity contribution in [3.8, 4) is 0 Å². The number of nitrogens with zero attached hydrogens (tertiary/aromatic N) is 2. The van der Waals surface area contributed by atoms with E-state index < -0.39 is 0 Å². The average Bonchev–Trinajstić information content (AvgIpc) is 3.05. The van der Waals surface area contributed by atoms with Crippen molar-refractivity contribution in [3.63, 3.8) is 0 Å². The molecule has 0 aliphatic carbocycles. The van der Waals surface area contributed by atoms with E-state index in [1.807, 2.05) is 59.2 Å². The van der Waals surface area contributed by atoms with E-state index in [1.54, 1.807) is 6.26 Å². The minimum absolute atomic E-state index is 0.0646. The number of ketones is 1. The summed E-state index contributed by atoms with van der Waals surface area (Å²) < 4.78 is 1.95. The number of thiol groups is 1. The number of alkyl halides is 1. The lowest BCUT2D eigenvalue weighted by Gasteiger charge is -2.09. The van der Waals surface area contributed by atoms with Crippen LogP contribution >= 0.6 is 37.3 Å². The minimum atomic E-state index is -0.320. The zero-order valence-corrected chi connectivity index (χ0v) is 16.4. The molecule has 0 bridgehead atoms. The Balaban J connectivity index is 0.000000924. The van der Waals surface area contributed by atoms with Crippen LogP contribution in [0.15, 0.2) is 54.7 Å². The van der Waals surface area contributed by atoms with Crippen LogP contribution < -0.4 is 0 Å². The summed E-state index contributed by atoms with van der Waals surface area (Å²) in [4.78, 5) is 12.3. The van der Waals surface area contributed by atoms with Gasteiger partial charge in [0.2, 0.25) is 0 Å². The van der Waals surface area contributed by atoms with E-state index in [0.29, 0.717) is 14.3 Å². The number of carbonyl (C=O) groups is 1. The first-order chi connectivity index (χ1) is 11.2. The van der Waals surface area contributed by atoms with Crippen LogP contribution in [0.3, 0.4) is 0 Å². The molecule has 120 valence electrons. The van der Waals surface area contributed by atoms with Gasteiger partial charge in [-0.05, 0) is 36.7 Å². The van der Waals surface area contributed by atoms with Gasteiger partial charge in [-0.2, -0.15) is 17.7 Å². The molecule has 3 nitrogen and oxygen atoms in total. The first-order valence-electron chi connectivity index (χ1n) is 7.04. The molecule has 0 aliphatic rings. The van der Waals surface area contributed by atoms with E-state index >= 15 is 0 Å². The molecule has 0 N–H and O–H groups in total. The lowest BCUT2D eigenvalue weighted by atomic mass is 10.0. The Morgan fingerprint density at radius 3 is 2.57 bits per heavy atom. The molecule has 1 aromatic heterocycles. The average molecular weight is 409 g/mol. The molecular formula is C17H18BrN2OPS. The van der Waals surface area contributed by atoms with Crippen molar-refractivity contribution in [3.05, 3.63) is 65.9 Å². The molecule has 23 heavy (non-hydrogen) atoms. The Hall–Kier alpha value is -1.16. The van der Waals surface area contributed by atoms with E-state index in [0.717, 1.165) is 16.5 Å².